The summed E-state index contributed by atoms with van der Waals surface area (Å²) in [6.07, 6.45) is 0. The number of aromatic nitrogens is 2. The zero-order chi connectivity index (χ0) is 22.1. The minimum atomic E-state index is -2.59. The van der Waals surface area contributed by atoms with Gasteiger partial charge in [-0.05, 0) is 47.5 Å². The van der Waals surface area contributed by atoms with E-state index in [0.29, 0.717) is 17.1 Å². The molecule has 1 heterocycles. The van der Waals surface area contributed by atoms with Gasteiger partial charge < -0.3 is 9.54 Å². The molecule has 4 rings (SSSR count). The van der Waals surface area contributed by atoms with Crippen molar-refractivity contribution in [1.82, 2.24) is 9.97 Å². The van der Waals surface area contributed by atoms with Crippen molar-refractivity contribution in [2.75, 3.05) is 0 Å². The largest absolute Gasteiger partial charge is 0.768 e. The quantitative estimate of drug-likeness (QED) is 0.279. The van der Waals surface area contributed by atoms with E-state index in [-0.39, 0.29) is 21.8 Å². The van der Waals surface area contributed by atoms with Crippen LogP contribution in [0.2, 0.25) is 0 Å². The van der Waals surface area contributed by atoms with Gasteiger partial charge in [0.15, 0.2) is 11.6 Å². The molecule has 31 heavy (non-hydrogen) atoms. The van der Waals surface area contributed by atoms with Crippen molar-refractivity contribution < 1.29 is 27.1 Å². The molecule has 0 aliphatic heterocycles. The summed E-state index contributed by atoms with van der Waals surface area (Å²) in [5.74, 6) is -5.17. The first kappa shape index (κ1) is 20.7. The molecule has 0 bridgehead atoms. The minimum Gasteiger partial charge on any atom is -0.768 e. The molecule has 156 valence electrons. The van der Waals surface area contributed by atoms with Crippen molar-refractivity contribution in [2.24, 2.45) is 0 Å². The number of carbonyl (C=O) groups is 2. The van der Waals surface area contributed by atoms with Gasteiger partial charge in [-0.3, -0.25) is 13.8 Å². The van der Waals surface area contributed by atoms with E-state index in [9.17, 15) is 27.1 Å². The third-order valence-corrected chi connectivity index (χ3v) is 5.30. The Morgan fingerprint density at radius 3 is 2.26 bits per heavy atom. The number of aromatic amines is 1. The molecular formula is C22H13F2N2O4S-. The predicted octanol–water partition coefficient (Wildman–Crippen LogP) is 3.93. The van der Waals surface area contributed by atoms with Gasteiger partial charge in [0.05, 0.1) is 11.0 Å². The van der Waals surface area contributed by atoms with Gasteiger partial charge in [0.2, 0.25) is 0 Å². The Hall–Kier alpha value is -3.56. The van der Waals surface area contributed by atoms with Crippen LogP contribution in [0.25, 0.3) is 11.0 Å². The first-order valence-electron chi connectivity index (χ1n) is 9.02. The first-order valence-corrected chi connectivity index (χ1v) is 10.1. The monoisotopic (exact) mass is 439 g/mol. The molecule has 0 aliphatic carbocycles. The Kier molecular flexibility index (Phi) is 5.53. The molecule has 1 aromatic heterocycles. The number of hydrogen-bond donors (Lipinski definition) is 1. The summed E-state index contributed by atoms with van der Waals surface area (Å²) < 4.78 is 50.0. The van der Waals surface area contributed by atoms with Crippen LogP contribution in [0.1, 0.15) is 32.5 Å². The SMILES string of the molecule is O=C(c1cc(F)cc(F)c1)C(C(=O)c1cccc(S(=O)[O-])c1)c1nc2ccccc2[nH]1. The molecule has 6 nitrogen and oxygen atoms in total. The molecular weight excluding hydrogens is 426 g/mol. The highest BCUT2D eigenvalue weighted by atomic mass is 32.2. The molecule has 2 atom stereocenters. The number of carbonyl (C=O) groups excluding carboxylic acids is 2. The van der Waals surface area contributed by atoms with E-state index in [1.807, 2.05) is 0 Å². The maximum absolute atomic E-state index is 13.7. The number of halogens is 2. The van der Waals surface area contributed by atoms with Crippen molar-refractivity contribution in [3.63, 3.8) is 0 Å². The second kappa shape index (κ2) is 8.29. The van der Waals surface area contributed by atoms with Crippen LogP contribution in [0, 0.1) is 11.6 Å². The number of para-hydroxylation sites is 2. The smallest absolute Gasteiger partial charge is 0.181 e. The third-order valence-electron chi connectivity index (χ3n) is 4.66. The molecule has 9 heteroatoms. The van der Waals surface area contributed by atoms with E-state index >= 15 is 0 Å². The van der Waals surface area contributed by atoms with Gasteiger partial charge in [0.25, 0.3) is 0 Å². The fourth-order valence-electron chi connectivity index (χ4n) is 3.26. The Morgan fingerprint density at radius 2 is 1.58 bits per heavy atom. The number of Topliss-reactive ketones (excluding diaryl/α,β-unsaturated/α-hetero) is 2. The van der Waals surface area contributed by atoms with Gasteiger partial charge in [0.1, 0.15) is 23.4 Å². The number of fused-ring (bicyclic) bond motifs is 1. The molecule has 0 amide bonds. The lowest BCUT2D eigenvalue weighted by Crippen LogP contribution is -2.24. The minimum absolute atomic E-state index is 0.0190. The molecule has 1 N–H and O–H groups in total. The maximum atomic E-state index is 13.7. The summed E-state index contributed by atoms with van der Waals surface area (Å²) in [6.45, 7) is 0. The average Bonchev–Trinajstić information content (AvgIpc) is 3.16. The Morgan fingerprint density at radius 1 is 0.903 bits per heavy atom. The summed E-state index contributed by atoms with van der Waals surface area (Å²) in [4.78, 5) is 33.6. The zero-order valence-electron chi connectivity index (χ0n) is 15.7. The van der Waals surface area contributed by atoms with Crippen molar-refractivity contribution in [3.8, 4) is 0 Å². The van der Waals surface area contributed by atoms with E-state index < -0.39 is 40.2 Å². The van der Waals surface area contributed by atoms with Gasteiger partial charge in [-0.15, -0.1) is 0 Å². The second-order valence-electron chi connectivity index (χ2n) is 6.72. The molecule has 0 saturated heterocycles. The Balaban J connectivity index is 1.86. The fourth-order valence-corrected chi connectivity index (χ4v) is 3.67. The summed E-state index contributed by atoms with van der Waals surface area (Å²) in [6, 6.07) is 14.2. The summed E-state index contributed by atoms with van der Waals surface area (Å²) in [5.41, 5.74) is 0.642. The standard InChI is InChI=1S/C22H14F2N2O4S/c23-14-8-13(9-15(24)11-14)21(28)19(22-25-17-6-1-2-7-18(17)26-22)20(27)12-4-3-5-16(10-12)31(29)30/h1-11,19H,(H,25,26)(H,29,30)/p-1. The second-order valence-corrected chi connectivity index (χ2v) is 7.66. The predicted molar refractivity (Wildman–Crippen MR) is 107 cm³/mol. The lowest BCUT2D eigenvalue weighted by molar-refractivity contribution is 0.0855. The van der Waals surface area contributed by atoms with Crippen LogP contribution in [0.4, 0.5) is 8.78 Å². The number of rotatable bonds is 6. The number of ketones is 2. The Bertz CT molecular complexity index is 1300. The van der Waals surface area contributed by atoms with Crippen molar-refractivity contribution >= 4 is 33.7 Å². The van der Waals surface area contributed by atoms with E-state index in [0.717, 1.165) is 18.2 Å². The normalized spacial score (nSPS) is 13.1. The number of nitrogens with zero attached hydrogens (tertiary/aromatic N) is 1. The van der Waals surface area contributed by atoms with E-state index in [1.165, 1.54) is 18.2 Å². The van der Waals surface area contributed by atoms with Crippen LogP contribution >= 0.6 is 0 Å². The zero-order valence-corrected chi connectivity index (χ0v) is 16.5. The maximum Gasteiger partial charge on any atom is 0.181 e. The molecule has 3 aromatic carbocycles. The molecule has 0 fully saturated rings. The molecule has 0 saturated carbocycles. The van der Waals surface area contributed by atoms with Crippen LogP contribution in [0.3, 0.4) is 0 Å². The highest BCUT2D eigenvalue weighted by Crippen LogP contribution is 2.27. The topological polar surface area (TPSA) is 103 Å². The van der Waals surface area contributed by atoms with Gasteiger partial charge in [-0.1, -0.05) is 24.3 Å². The van der Waals surface area contributed by atoms with Gasteiger partial charge in [-0.25, -0.2) is 13.8 Å². The van der Waals surface area contributed by atoms with E-state index in [4.69, 9.17) is 0 Å². The van der Waals surface area contributed by atoms with Crippen molar-refractivity contribution in [1.29, 1.82) is 0 Å². The highest BCUT2D eigenvalue weighted by Gasteiger charge is 2.33. The summed E-state index contributed by atoms with van der Waals surface area (Å²) in [7, 11) is 0. The van der Waals surface area contributed by atoms with Gasteiger partial charge in [-0.2, -0.15) is 0 Å². The molecule has 2 unspecified atom stereocenters. The Labute approximate surface area is 177 Å². The van der Waals surface area contributed by atoms with Crippen LogP contribution in [-0.2, 0) is 11.1 Å². The number of H-pyrrole nitrogens is 1. The van der Waals surface area contributed by atoms with Crippen molar-refractivity contribution in [2.45, 2.75) is 10.8 Å². The van der Waals surface area contributed by atoms with Crippen LogP contribution in [-0.4, -0.2) is 30.3 Å². The van der Waals surface area contributed by atoms with Crippen LogP contribution < -0.4 is 0 Å². The van der Waals surface area contributed by atoms with Gasteiger partial charge in [0, 0.05) is 22.1 Å². The first-order chi connectivity index (χ1) is 14.8. The molecule has 0 radical (unpaired) electrons. The summed E-state index contributed by atoms with van der Waals surface area (Å²) in [5, 5.41) is 0. The van der Waals surface area contributed by atoms with E-state index in [1.54, 1.807) is 24.3 Å². The molecule has 4 aromatic rings. The number of benzene rings is 3. The van der Waals surface area contributed by atoms with Crippen LogP contribution in [0.15, 0.2) is 71.6 Å². The lowest BCUT2D eigenvalue weighted by atomic mass is 9.89. The molecule has 0 spiro atoms. The van der Waals surface area contributed by atoms with E-state index in [2.05, 4.69) is 9.97 Å². The number of hydrogen-bond acceptors (Lipinski definition) is 5. The molecule has 0 aliphatic rings. The van der Waals surface area contributed by atoms with Crippen molar-refractivity contribution in [3.05, 3.63) is 95.3 Å². The van der Waals surface area contributed by atoms with Gasteiger partial charge >= 0.3 is 0 Å². The fraction of sp³-hybridized carbons (Fsp3) is 0.0455. The number of imidazole rings is 1. The number of nitrogens with one attached hydrogen (secondary N) is 1. The average molecular weight is 439 g/mol. The lowest BCUT2D eigenvalue weighted by Gasteiger charge is -2.14. The van der Waals surface area contributed by atoms with Crippen LogP contribution in [0.5, 0.6) is 0 Å². The third kappa shape index (κ3) is 4.18. The highest BCUT2D eigenvalue weighted by molar-refractivity contribution is 7.79. The summed E-state index contributed by atoms with van der Waals surface area (Å²) >= 11 is -2.59.